The van der Waals surface area contributed by atoms with Crippen LogP contribution in [0.25, 0.3) is 0 Å². The lowest BCUT2D eigenvalue weighted by molar-refractivity contribution is -0.133. The predicted molar refractivity (Wildman–Crippen MR) is 81.6 cm³/mol. The summed E-state index contributed by atoms with van der Waals surface area (Å²) >= 11 is 0. The lowest BCUT2D eigenvalue weighted by Crippen LogP contribution is -2.39. The highest BCUT2D eigenvalue weighted by atomic mass is 16.2. The van der Waals surface area contributed by atoms with Crippen molar-refractivity contribution >= 4 is 5.91 Å². The summed E-state index contributed by atoms with van der Waals surface area (Å²) in [5.41, 5.74) is 2.66. The van der Waals surface area contributed by atoms with Crippen molar-refractivity contribution in [2.45, 2.75) is 57.9 Å². The van der Waals surface area contributed by atoms with Crippen molar-refractivity contribution in [1.29, 1.82) is 0 Å². The van der Waals surface area contributed by atoms with Crippen molar-refractivity contribution in [1.82, 2.24) is 4.90 Å². The molecule has 108 valence electrons. The summed E-state index contributed by atoms with van der Waals surface area (Å²) in [5.74, 6) is 0.637. The zero-order valence-electron chi connectivity index (χ0n) is 12.5. The molecular weight excluding hydrogens is 246 g/mol. The Morgan fingerprint density at radius 1 is 1.10 bits per heavy atom. The van der Waals surface area contributed by atoms with E-state index in [0.717, 1.165) is 19.4 Å². The first-order chi connectivity index (χ1) is 9.75. The van der Waals surface area contributed by atoms with Crippen LogP contribution in [0.3, 0.4) is 0 Å². The van der Waals surface area contributed by atoms with Crippen molar-refractivity contribution in [3.8, 4) is 0 Å². The Morgan fingerprint density at radius 3 is 2.60 bits per heavy atom. The molecule has 2 nitrogen and oxygen atoms in total. The molecule has 0 aromatic heterocycles. The van der Waals surface area contributed by atoms with Crippen LogP contribution in [0.2, 0.25) is 0 Å². The number of hydrogen-bond acceptors (Lipinski definition) is 1. The van der Waals surface area contributed by atoms with Crippen LogP contribution in [-0.2, 0) is 11.2 Å². The highest BCUT2D eigenvalue weighted by Crippen LogP contribution is 2.30. The smallest absolute Gasteiger partial charge is 0.226 e. The average Bonchev–Trinajstić information content (AvgIpc) is 2.84. The summed E-state index contributed by atoms with van der Waals surface area (Å²) in [6.45, 7) is 3.13. The van der Waals surface area contributed by atoms with E-state index in [2.05, 4.69) is 36.1 Å². The minimum atomic E-state index is 0.220. The van der Waals surface area contributed by atoms with Gasteiger partial charge in [0.05, 0.1) is 0 Å². The first kappa shape index (κ1) is 13.7. The zero-order chi connectivity index (χ0) is 13.9. The monoisotopic (exact) mass is 271 g/mol. The van der Waals surface area contributed by atoms with E-state index in [1.54, 1.807) is 0 Å². The molecule has 2 aliphatic rings. The first-order valence-electron chi connectivity index (χ1n) is 8.10. The maximum absolute atomic E-state index is 12.6. The zero-order valence-corrected chi connectivity index (χ0v) is 12.5. The fourth-order valence-corrected chi connectivity index (χ4v) is 3.81. The van der Waals surface area contributed by atoms with Crippen LogP contribution in [0.15, 0.2) is 24.3 Å². The Hall–Kier alpha value is -1.31. The standard InChI is InChI=1S/C18H25NO/c1-14-7-5-6-8-15(14)13-16-11-12-19(18(16)20)17-9-3-2-4-10-17/h5-8,16-17H,2-4,9-13H2,1H3. The van der Waals surface area contributed by atoms with Gasteiger partial charge in [-0.3, -0.25) is 4.79 Å². The minimum absolute atomic E-state index is 0.220. The molecule has 0 radical (unpaired) electrons. The molecule has 1 aromatic carbocycles. The molecule has 2 fully saturated rings. The largest absolute Gasteiger partial charge is 0.339 e. The lowest BCUT2D eigenvalue weighted by Gasteiger charge is -2.31. The maximum Gasteiger partial charge on any atom is 0.226 e. The number of nitrogens with zero attached hydrogens (tertiary/aromatic N) is 1. The molecule has 1 unspecified atom stereocenters. The van der Waals surface area contributed by atoms with E-state index >= 15 is 0 Å². The normalized spacial score (nSPS) is 24.4. The summed E-state index contributed by atoms with van der Waals surface area (Å²) in [6.07, 6.45) is 8.38. The molecular formula is C18H25NO. The summed E-state index contributed by atoms with van der Waals surface area (Å²) in [5, 5.41) is 0. The van der Waals surface area contributed by atoms with Crippen molar-refractivity contribution in [3.63, 3.8) is 0 Å². The molecule has 0 spiro atoms. The van der Waals surface area contributed by atoms with E-state index < -0.39 is 0 Å². The SMILES string of the molecule is Cc1ccccc1CC1CCN(C2CCCCC2)C1=O. The summed E-state index contributed by atoms with van der Waals surface area (Å²) in [6, 6.07) is 9.02. The molecule has 1 amide bonds. The first-order valence-corrected chi connectivity index (χ1v) is 8.10. The van der Waals surface area contributed by atoms with E-state index in [-0.39, 0.29) is 5.92 Å². The lowest BCUT2D eigenvalue weighted by atomic mass is 9.93. The van der Waals surface area contributed by atoms with E-state index in [1.807, 2.05) is 0 Å². The van der Waals surface area contributed by atoms with Gasteiger partial charge in [0.1, 0.15) is 0 Å². The molecule has 1 saturated heterocycles. The Kier molecular flexibility index (Phi) is 4.09. The van der Waals surface area contributed by atoms with Gasteiger partial charge < -0.3 is 4.90 Å². The molecule has 1 heterocycles. The van der Waals surface area contributed by atoms with Crippen molar-refractivity contribution in [2.24, 2.45) is 5.92 Å². The van der Waals surface area contributed by atoms with E-state index in [9.17, 15) is 4.79 Å². The van der Waals surface area contributed by atoms with Crippen LogP contribution in [0, 0.1) is 12.8 Å². The van der Waals surface area contributed by atoms with Gasteiger partial charge >= 0.3 is 0 Å². The molecule has 0 bridgehead atoms. The summed E-state index contributed by atoms with van der Waals surface area (Å²) in [4.78, 5) is 14.8. The van der Waals surface area contributed by atoms with Crippen LogP contribution in [-0.4, -0.2) is 23.4 Å². The van der Waals surface area contributed by atoms with Gasteiger partial charge in [0, 0.05) is 18.5 Å². The number of carbonyl (C=O) groups is 1. The van der Waals surface area contributed by atoms with Crippen LogP contribution in [0.4, 0.5) is 0 Å². The van der Waals surface area contributed by atoms with Crippen LogP contribution in [0.5, 0.6) is 0 Å². The molecule has 2 heteroatoms. The van der Waals surface area contributed by atoms with Crippen molar-refractivity contribution in [3.05, 3.63) is 35.4 Å². The molecule has 1 aliphatic heterocycles. The topological polar surface area (TPSA) is 20.3 Å². The predicted octanol–water partition coefficient (Wildman–Crippen LogP) is 3.72. The number of benzene rings is 1. The average molecular weight is 271 g/mol. The second-order valence-electron chi connectivity index (χ2n) is 6.44. The number of carbonyl (C=O) groups excluding carboxylic acids is 1. The Balaban J connectivity index is 1.65. The number of hydrogen-bond donors (Lipinski definition) is 0. The number of likely N-dealkylation sites (tertiary alicyclic amines) is 1. The van der Waals surface area contributed by atoms with Gasteiger partial charge in [-0.15, -0.1) is 0 Å². The third-order valence-electron chi connectivity index (χ3n) is 5.09. The second kappa shape index (κ2) is 5.99. The Labute approximate surface area is 122 Å². The molecule has 0 N–H and O–H groups in total. The quantitative estimate of drug-likeness (QED) is 0.820. The van der Waals surface area contributed by atoms with Crippen LogP contribution < -0.4 is 0 Å². The van der Waals surface area contributed by atoms with E-state index in [0.29, 0.717) is 11.9 Å². The highest BCUT2D eigenvalue weighted by molar-refractivity contribution is 5.81. The van der Waals surface area contributed by atoms with Crippen molar-refractivity contribution in [2.75, 3.05) is 6.54 Å². The molecule has 1 atom stereocenters. The van der Waals surface area contributed by atoms with Gasteiger partial charge in [-0.2, -0.15) is 0 Å². The Bertz CT molecular complexity index is 476. The van der Waals surface area contributed by atoms with Crippen molar-refractivity contribution < 1.29 is 4.79 Å². The maximum atomic E-state index is 12.6. The fourth-order valence-electron chi connectivity index (χ4n) is 3.81. The Morgan fingerprint density at radius 2 is 1.85 bits per heavy atom. The number of rotatable bonds is 3. The van der Waals surface area contributed by atoms with E-state index in [1.165, 1.54) is 43.2 Å². The third kappa shape index (κ3) is 2.74. The second-order valence-corrected chi connectivity index (χ2v) is 6.44. The number of aryl methyl sites for hydroxylation is 1. The van der Waals surface area contributed by atoms with Crippen LogP contribution >= 0.6 is 0 Å². The van der Waals surface area contributed by atoms with Gasteiger partial charge in [0.15, 0.2) is 0 Å². The van der Waals surface area contributed by atoms with Crippen LogP contribution in [0.1, 0.15) is 49.7 Å². The minimum Gasteiger partial charge on any atom is -0.339 e. The summed E-state index contributed by atoms with van der Waals surface area (Å²) in [7, 11) is 0. The molecule has 1 aromatic rings. The van der Waals surface area contributed by atoms with Gasteiger partial charge in [0.2, 0.25) is 5.91 Å². The summed E-state index contributed by atoms with van der Waals surface area (Å²) < 4.78 is 0. The fraction of sp³-hybridized carbons (Fsp3) is 0.611. The molecule has 20 heavy (non-hydrogen) atoms. The van der Waals surface area contributed by atoms with Gasteiger partial charge in [-0.1, -0.05) is 43.5 Å². The highest BCUT2D eigenvalue weighted by Gasteiger charge is 2.36. The molecule has 3 rings (SSSR count). The third-order valence-corrected chi connectivity index (χ3v) is 5.09. The van der Waals surface area contributed by atoms with E-state index in [4.69, 9.17) is 0 Å². The molecule has 1 aliphatic carbocycles. The van der Waals surface area contributed by atoms with Gasteiger partial charge in [-0.25, -0.2) is 0 Å². The van der Waals surface area contributed by atoms with Gasteiger partial charge in [-0.05, 0) is 43.7 Å². The van der Waals surface area contributed by atoms with Gasteiger partial charge in [0.25, 0.3) is 0 Å². The number of amides is 1. The molecule has 1 saturated carbocycles.